The number of hydrogen-bond acceptors (Lipinski definition) is 5. The van der Waals surface area contributed by atoms with E-state index < -0.39 is 0 Å². The van der Waals surface area contributed by atoms with Crippen molar-refractivity contribution < 1.29 is 14.3 Å². The zero-order chi connectivity index (χ0) is 21.3. The third-order valence-electron chi connectivity index (χ3n) is 6.01. The molecule has 4 rings (SSSR count). The summed E-state index contributed by atoms with van der Waals surface area (Å²) in [6, 6.07) is 18.9. The van der Waals surface area contributed by atoms with Crippen molar-refractivity contribution in [3.8, 4) is 0 Å². The summed E-state index contributed by atoms with van der Waals surface area (Å²) in [5.74, 6) is 0.0517. The molecule has 2 aliphatic rings. The Morgan fingerprint density at radius 2 is 1.74 bits per heavy atom. The van der Waals surface area contributed by atoms with Crippen LogP contribution in [0.2, 0.25) is 0 Å². The van der Waals surface area contributed by atoms with Crippen LogP contribution in [0.5, 0.6) is 0 Å². The van der Waals surface area contributed by atoms with E-state index in [4.69, 9.17) is 9.47 Å². The number of ether oxygens (including phenoxy) is 2. The lowest BCUT2D eigenvalue weighted by molar-refractivity contribution is -0.120. The maximum Gasteiger partial charge on any atom is 0.224 e. The van der Waals surface area contributed by atoms with Gasteiger partial charge in [-0.05, 0) is 36.1 Å². The third kappa shape index (κ3) is 6.79. The van der Waals surface area contributed by atoms with Crippen LogP contribution >= 0.6 is 0 Å². The van der Waals surface area contributed by atoms with Gasteiger partial charge in [-0.1, -0.05) is 42.5 Å². The molecule has 6 heteroatoms. The monoisotopic (exact) mass is 423 g/mol. The third-order valence-corrected chi connectivity index (χ3v) is 6.01. The molecule has 2 aliphatic heterocycles. The Kier molecular flexibility index (Phi) is 7.93. The van der Waals surface area contributed by atoms with Gasteiger partial charge in [-0.25, -0.2) is 0 Å². The Morgan fingerprint density at radius 1 is 0.968 bits per heavy atom. The van der Waals surface area contributed by atoms with Gasteiger partial charge in [0.1, 0.15) is 0 Å². The van der Waals surface area contributed by atoms with E-state index in [0.717, 1.165) is 43.6 Å². The van der Waals surface area contributed by atoms with Gasteiger partial charge in [0, 0.05) is 37.9 Å². The topological polar surface area (TPSA) is 62.8 Å². The van der Waals surface area contributed by atoms with E-state index in [2.05, 4.69) is 39.8 Å². The number of piperidine rings is 1. The lowest BCUT2D eigenvalue weighted by Crippen LogP contribution is -2.46. The summed E-state index contributed by atoms with van der Waals surface area (Å²) in [6.07, 6.45) is 2.84. The fourth-order valence-corrected chi connectivity index (χ4v) is 4.16. The van der Waals surface area contributed by atoms with Gasteiger partial charge >= 0.3 is 0 Å². The summed E-state index contributed by atoms with van der Waals surface area (Å²) in [5, 5.41) is 6.63. The zero-order valence-corrected chi connectivity index (χ0v) is 18.1. The van der Waals surface area contributed by atoms with Crippen LogP contribution in [-0.4, -0.2) is 57.5 Å². The first-order chi connectivity index (χ1) is 15.3. The first-order valence-corrected chi connectivity index (χ1v) is 11.3. The van der Waals surface area contributed by atoms with Gasteiger partial charge in [0.2, 0.25) is 5.91 Å². The minimum absolute atomic E-state index is 0.0517. The second-order valence-corrected chi connectivity index (χ2v) is 8.34. The normalized spacial score (nSPS) is 19.9. The molecular weight excluding hydrogens is 390 g/mol. The maximum absolute atomic E-state index is 12.2. The van der Waals surface area contributed by atoms with Crippen molar-refractivity contribution in [2.75, 3.05) is 44.4 Å². The number of nitrogens with one attached hydrogen (secondary N) is 2. The van der Waals surface area contributed by atoms with E-state index in [9.17, 15) is 4.79 Å². The fourth-order valence-electron chi connectivity index (χ4n) is 4.16. The molecular formula is C25H33N3O3. The largest absolute Gasteiger partial charge is 0.376 e. The molecule has 166 valence electrons. The van der Waals surface area contributed by atoms with Crippen LogP contribution < -0.4 is 15.5 Å². The number of amides is 1. The second kappa shape index (κ2) is 11.3. The van der Waals surface area contributed by atoms with E-state index in [1.54, 1.807) is 0 Å². The molecule has 1 amide bonds. The summed E-state index contributed by atoms with van der Waals surface area (Å²) in [5.41, 5.74) is 3.39. The SMILES string of the molecule is O=C(Cc1ccc(N2CCC(NCC3COCCO3)CC2)cc1)NCc1ccccc1. The van der Waals surface area contributed by atoms with E-state index in [1.807, 2.05) is 30.3 Å². The van der Waals surface area contributed by atoms with Crippen LogP contribution in [0, 0.1) is 0 Å². The molecule has 0 spiro atoms. The number of hydrogen-bond donors (Lipinski definition) is 2. The van der Waals surface area contributed by atoms with Crippen molar-refractivity contribution in [3.63, 3.8) is 0 Å². The molecule has 2 aromatic rings. The van der Waals surface area contributed by atoms with Gasteiger partial charge < -0.3 is 25.0 Å². The summed E-state index contributed by atoms with van der Waals surface area (Å²) in [6.45, 7) is 5.63. The summed E-state index contributed by atoms with van der Waals surface area (Å²) < 4.78 is 11.2. The lowest BCUT2D eigenvalue weighted by atomic mass is 10.0. The smallest absolute Gasteiger partial charge is 0.224 e. The van der Waals surface area contributed by atoms with E-state index in [0.29, 0.717) is 38.8 Å². The number of carbonyl (C=O) groups excluding carboxylic acids is 1. The number of rotatable bonds is 8. The fraction of sp³-hybridized carbons (Fsp3) is 0.480. The van der Waals surface area contributed by atoms with Crippen LogP contribution in [0.15, 0.2) is 54.6 Å². The van der Waals surface area contributed by atoms with Crippen molar-refractivity contribution in [3.05, 3.63) is 65.7 Å². The molecule has 2 N–H and O–H groups in total. The number of nitrogens with zero attached hydrogens (tertiary/aromatic N) is 1. The Balaban J connectivity index is 1.17. The van der Waals surface area contributed by atoms with Crippen LogP contribution in [0.4, 0.5) is 5.69 Å². The molecule has 31 heavy (non-hydrogen) atoms. The van der Waals surface area contributed by atoms with Crippen molar-refractivity contribution in [1.29, 1.82) is 0 Å². The summed E-state index contributed by atoms with van der Waals surface area (Å²) in [7, 11) is 0. The Bertz CT molecular complexity index is 799. The average Bonchev–Trinajstić information content (AvgIpc) is 2.84. The highest BCUT2D eigenvalue weighted by molar-refractivity contribution is 5.78. The molecule has 0 bridgehead atoms. The van der Waals surface area contributed by atoms with Crippen molar-refractivity contribution >= 4 is 11.6 Å². The average molecular weight is 424 g/mol. The first kappa shape index (κ1) is 21.8. The van der Waals surface area contributed by atoms with E-state index in [-0.39, 0.29) is 12.0 Å². The quantitative estimate of drug-likeness (QED) is 0.683. The Labute approximate surface area is 184 Å². The molecule has 2 aromatic carbocycles. The summed E-state index contributed by atoms with van der Waals surface area (Å²) in [4.78, 5) is 14.7. The predicted molar refractivity (Wildman–Crippen MR) is 122 cm³/mol. The van der Waals surface area contributed by atoms with Gasteiger partial charge in [-0.3, -0.25) is 4.79 Å². The minimum atomic E-state index is 0.0517. The van der Waals surface area contributed by atoms with Gasteiger partial charge in [0.05, 0.1) is 32.3 Å². The Morgan fingerprint density at radius 3 is 2.45 bits per heavy atom. The van der Waals surface area contributed by atoms with Crippen molar-refractivity contribution in [2.45, 2.75) is 38.0 Å². The molecule has 0 radical (unpaired) electrons. The molecule has 2 saturated heterocycles. The lowest BCUT2D eigenvalue weighted by Gasteiger charge is -2.35. The molecule has 6 nitrogen and oxygen atoms in total. The van der Waals surface area contributed by atoms with E-state index >= 15 is 0 Å². The van der Waals surface area contributed by atoms with Crippen molar-refractivity contribution in [2.24, 2.45) is 0 Å². The Hall–Kier alpha value is -2.41. The number of anilines is 1. The predicted octanol–water partition coefficient (Wildman–Crippen LogP) is 2.52. The second-order valence-electron chi connectivity index (χ2n) is 8.34. The van der Waals surface area contributed by atoms with Gasteiger partial charge in [-0.15, -0.1) is 0 Å². The van der Waals surface area contributed by atoms with Crippen LogP contribution in [0.1, 0.15) is 24.0 Å². The molecule has 0 aromatic heterocycles. The molecule has 1 atom stereocenters. The molecule has 0 saturated carbocycles. The highest BCUT2D eigenvalue weighted by Gasteiger charge is 2.21. The zero-order valence-electron chi connectivity index (χ0n) is 18.1. The van der Waals surface area contributed by atoms with Crippen molar-refractivity contribution in [1.82, 2.24) is 10.6 Å². The highest BCUT2D eigenvalue weighted by Crippen LogP contribution is 2.21. The van der Waals surface area contributed by atoms with E-state index in [1.165, 1.54) is 5.69 Å². The van der Waals surface area contributed by atoms with Crippen LogP contribution in [0.3, 0.4) is 0 Å². The first-order valence-electron chi connectivity index (χ1n) is 11.3. The van der Waals surface area contributed by atoms with Gasteiger partial charge in [0.25, 0.3) is 0 Å². The van der Waals surface area contributed by atoms with Gasteiger partial charge in [0.15, 0.2) is 0 Å². The molecule has 2 heterocycles. The maximum atomic E-state index is 12.2. The number of carbonyl (C=O) groups is 1. The molecule has 1 unspecified atom stereocenters. The van der Waals surface area contributed by atoms with Crippen LogP contribution in [-0.2, 0) is 27.2 Å². The van der Waals surface area contributed by atoms with Gasteiger partial charge in [-0.2, -0.15) is 0 Å². The summed E-state index contributed by atoms with van der Waals surface area (Å²) >= 11 is 0. The van der Waals surface area contributed by atoms with Crippen LogP contribution in [0.25, 0.3) is 0 Å². The minimum Gasteiger partial charge on any atom is -0.376 e. The standard InChI is InChI=1S/C25H33N3O3/c29-25(27-17-21-4-2-1-3-5-21)16-20-6-8-23(9-7-20)28-12-10-22(11-13-28)26-18-24-19-30-14-15-31-24/h1-9,22,24,26H,10-19H2,(H,27,29). The molecule has 0 aliphatic carbocycles. The molecule has 2 fully saturated rings. The number of benzene rings is 2. The highest BCUT2D eigenvalue weighted by atomic mass is 16.6.